The number of aryl methyl sites for hydroxylation is 1. The molecule has 0 saturated carbocycles. The molecule has 0 radical (unpaired) electrons. The van der Waals surface area contributed by atoms with Gasteiger partial charge in [-0.15, -0.1) is 0 Å². The predicted molar refractivity (Wildman–Crippen MR) is 76.0 cm³/mol. The highest BCUT2D eigenvalue weighted by Gasteiger charge is 2.13. The standard InChI is InChI=1S/C13H19BrN2O/c1-4-5-8(2)13(17)16-12-7-11(15)9(3)6-10(12)14/h6-8H,4-5,15H2,1-3H3,(H,16,17). The summed E-state index contributed by atoms with van der Waals surface area (Å²) in [6, 6.07) is 3.70. The van der Waals surface area contributed by atoms with Crippen molar-refractivity contribution in [3.63, 3.8) is 0 Å². The number of hydrogen-bond donors (Lipinski definition) is 2. The number of rotatable bonds is 4. The summed E-state index contributed by atoms with van der Waals surface area (Å²) in [5.41, 5.74) is 8.25. The molecule has 94 valence electrons. The molecule has 0 spiro atoms. The monoisotopic (exact) mass is 298 g/mol. The zero-order valence-electron chi connectivity index (χ0n) is 10.5. The van der Waals surface area contributed by atoms with Gasteiger partial charge < -0.3 is 11.1 Å². The van der Waals surface area contributed by atoms with Crippen molar-refractivity contribution in [2.24, 2.45) is 5.92 Å². The fraction of sp³-hybridized carbons (Fsp3) is 0.462. The highest BCUT2D eigenvalue weighted by Crippen LogP contribution is 2.28. The number of benzene rings is 1. The van der Waals surface area contributed by atoms with Crippen LogP contribution in [0.1, 0.15) is 32.3 Å². The van der Waals surface area contributed by atoms with Crippen molar-refractivity contribution in [2.75, 3.05) is 11.1 Å². The third-order valence-corrected chi connectivity index (χ3v) is 3.44. The van der Waals surface area contributed by atoms with Gasteiger partial charge in [-0.2, -0.15) is 0 Å². The summed E-state index contributed by atoms with van der Waals surface area (Å²) in [4.78, 5) is 11.9. The molecule has 3 nitrogen and oxygen atoms in total. The van der Waals surface area contributed by atoms with Crippen LogP contribution in [-0.4, -0.2) is 5.91 Å². The Morgan fingerprint density at radius 2 is 2.18 bits per heavy atom. The fourth-order valence-electron chi connectivity index (χ4n) is 1.61. The highest BCUT2D eigenvalue weighted by molar-refractivity contribution is 9.10. The minimum Gasteiger partial charge on any atom is -0.398 e. The molecule has 0 fully saturated rings. The third kappa shape index (κ3) is 3.73. The van der Waals surface area contributed by atoms with Crippen LogP contribution < -0.4 is 11.1 Å². The van der Waals surface area contributed by atoms with Crippen molar-refractivity contribution in [2.45, 2.75) is 33.6 Å². The zero-order chi connectivity index (χ0) is 13.0. The molecule has 0 heterocycles. The summed E-state index contributed by atoms with van der Waals surface area (Å²) in [5, 5.41) is 2.90. The van der Waals surface area contributed by atoms with E-state index in [0.29, 0.717) is 5.69 Å². The number of nitrogen functional groups attached to an aromatic ring is 1. The minimum absolute atomic E-state index is 0.0226. The summed E-state index contributed by atoms with van der Waals surface area (Å²) in [6.07, 6.45) is 1.90. The molecule has 4 heteroatoms. The zero-order valence-corrected chi connectivity index (χ0v) is 12.1. The smallest absolute Gasteiger partial charge is 0.227 e. The van der Waals surface area contributed by atoms with Gasteiger partial charge in [0.15, 0.2) is 0 Å². The van der Waals surface area contributed by atoms with E-state index in [4.69, 9.17) is 5.73 Å². The maximum atomic E-state index is 11.9. The summed E-state index contributed by atoms with van der Waals surface area (Å²) < 4.78 is 0.862. The number of nitrogens with two attached hydrogens (primary N) is 1. The van der Waals surface area contributed by atoms with Crippen LogP contribution in [0.25, 0.3) is 0 Å². The maximum absolute atomic E-state index is 11.9. The first-order chi connectivity index (χ1) is 7.95. The molecule has 0 aliphatic heterocycles. The Labute approximate surface area is 111 Å². The summed E-state index contributed by atoms with van der Waals surface area (Å²) in [5.74, 6) is 0.0604. The fourth-order valence-corrected chi connectivity index (χ4v) is 2.16. The number of nitrogens with one attached hydrogen (secondary N) is 1. The SMILES string of the molecule is CCCC(C)C(=O)Nc1cc(N)c(C)cc1Br. The minimum atomic E-state index is 0.0226. The summed E-state index contributed by atoms with van der Waals surface area (Å²) >= 11 is 3.43. The van der Waals surface area contributed by atoms with Gasteiger partial charge in [0.05, 0.1) is 5.69 Å². The van der Waals surface area contributed by atoms with E-state index in [9.17, 15) is 4.79 Å². The highest BCUT2D eigenvalue weighted by atomic mass is 79.9. The van der Waals surface area contributed by atoms with Gasteiger partial charge in [0.1, 0.15) is 0 Å². The lowest BCUT2D eigenvalue weighted by atomic mass is 10.1. The van der Waals surface area contributed by atoms with Gasteiger partial charge in [-0.25, -0.2) is 0 Å². The van der Waals surface area contributed by atoms with Crippen molar-refractivity contribution in [1.82, 2.24) is 0 Å². The number of anilines is 2. The van der Waals surface area contributed by atoms with E-state index in [1.807, 2.05) is 19.9 Å². The van der Waals surface area contributed by atoms with Gasteiger partial charge in [0.25, 0.3) is 0 Å². The number of carbonyl (C=O) groups is 1. The summed E-state index contributed by atoms with van der Waals surface area (Å²) in [6.45, 7) is 5.94. The number of hydrogen-bond acceptors (Lipinski definition) is 2. The van der Waals surface area contributed by atoms with Gasteiger partial charge in [0, 0.05) is 16.1 Å². The van der Waals surface area contributed by atoms with Crippen LogP contribution >= 0.6 is 15.9 Å². The average molecular weight is 299 g/mol. The van der Waals surface area contributed by atoms with Crippen molar-refractivity contribution >= 4 is 33.2 Å². The Hall–Kier alpha value is -1.03. The lowest BCUT2D eigenvalue weighted by molar-refractivity contribution is -0.119. The van der Waals surface area contributed by atoms with E-state index in [1.165, 1.54) is 0 Å². The molecule has 1 atom stereocenters. The molecular weight excluding hydrogens is 280 g/mol. The van der Waals surface area contributed by atoms with E-state index in [2.05, 4.69) is 28.2 Å². The van der Waals surface area contributed by atoms with Crippen LogP contribution in [0, 0.1) is 12.8 Å². The number of amides is 1. The molecule has 1 aromatic rings. The van der Waals surface area contributed by atoms with Gasteiger partial charge >= 0.3 is 0 Å². The topological polar surface area (TPSA) is 55.1 Å². The van der Waals surface area contributed by atoms with Crippen molar-refractivity contribution < 1.29 is 4.79 Å². The second-order valence-corrected chi connectivity index (χ2v) is 5.22. The van der Waals surface area contributed by atoms with Gasteiger partial charge in [-0.3, -0.25) is 4.79 Å². The van der Waals surface area contributed by atoms with Crippen LogP contribution in [0.15, 0.2) is 16.6 Å². The Kier molecular flexibility index (Phi) is 5.00. The van der Waals surface area contributed by atoms with E-state index < -0.39 is 0 Å². The lowest BCUT2D eigenvalue weighted by Gasteiger charge is -2.13. The first-order valence-electron chi connectivity index (χ1n) is 5.82. The molecule has 0 aliphatic carbocycles. The molecular formula is C13H19BrN2O. The van der Waals surface area contributed by atoms with Crippen molar-refractivity contribution in [1.29, 1.82) is 0 Å². The number of carbonyl (C=O) groups excluding carboxylic acids is 1. The third-order valence-electron chi connectivity index (χ3n) is 2.78. The molecule has 0 aliphatic rings. The van der Waals surface area contributed by atoms with E-state index in [-0.39, 0.29) is 11.8 Å². The van der Waals surface area contributed by atoms with E-state index in [0.717, 1.165) is 28.6 Å². The van der Waals surface area contributed by atoms with Gasteiger partial charge in [0.2, 0.25) is 5.91 Å². The Morgan fingerprint density at radius 3 is 2.76 bits per heavy atom. The van der Waals surface area contributed by atoms with Crippen molar-refractivity contribution in [3.05, 3.63) is 22.2 Å². The van der Waals surface area contributed by atoms with Crippen LogP contribution in [0.5, 0.6) is 0 Å². The molecule has 1 amide bonds. The largest absolute Gasteiger partial charge is 0.398 e. The molecule has 3 N–H and O–H groups in total. The van der Waals surface area contributed by atoms with Crippen LogP contribution in [-0.2, 0) is 4.79 Å². The van der Waals surface area contributed by atoms with Crippen LogP contribution in [0.4, 0.5) is 11.4 Å². The Bertz CT molecular complexity index is 418. The van der Waals surface area contributed by atoms with Gasteiger partial charge in [-0.1, -0.05) is 20.3 Å². The maximum Gasteiger partial charge on any atom is 0.227 e. The normalized spacial score (nSPS) is 12.2. The van der Waals surface area contributed by atoms with E-state index >= 15 is 0 Å². The van der Waals surface area contributed by atoms with Crippen molar-refractivity contribution in [3.8, 4) is 0 Å². The molecule has 17 heavy (non-hydrogen) atoms. The Morgan fingerprint density at radius 1 is 1.53 bits per heavy atom. The van der Waals surface area contributed by atoms with Crippen LogP contribution in [0.3, 0.4) is 0 Å². The molecule has 1 rings (SSSR count). The van der Waals surface area contributed by atoms with E-state index in [1.54, 1.807) is 6.07 Å². The molecule has 1 unspecified atom stereocenters. The molecule has 1 aromatic carbocycles. The predicted octanol–water partition coefficient (Wildman–Crippen LogP) is 3.71. The molecule has 0 saturated heterocycles. The second kappa shape index (κ2) is 6.05. The first-order valence-corrected chi connectivity index (χ1v) is 6.61. The lowest BCUT2D eigenvalue weighted by Crippen LogP contribution is -2.20. The first kappa shape index (κ1) is 14.0. The Balaban J connectivity index is 2.81. The molecule has 0 aromatic heterocycles. The number of halogens is 1. The molecule has 0 bridgehead atoms. The summed E-state index contributed by atoms with van der Waals surface area (Å²) in [7, 11) is 0. The average Bonchev–Trinajstić information content (AvgIpc) is 2.26. The van der Waals surface area contributed by atoms with Gasteiger partial charge in [-0.05, 0) is 47.0 Å². The van der Waals surface area contributed by atoms with Crippen LogP contribution in [0.2, 0.25) is 0 Å². The second-order valence-electron chi connectivity index (χ2n) is 4.37. The quantitative estimate of drug-likeness (QED) is 0.833.